The Bertz CT molecular complexity index is 1130. The van der Waals surface area contributed by atoms with Gasteiger partial charge >= 0.3 is 6.03 Å². The SMILES string of the molecule is O=C(Nc1ccc(F)c(F)c1)Nc1nc(C(=O)Nc2cnccc2N2CCNCC2)cs1. The zero-order valence-corrected chi connectivity index (χ0v) is 17.5. The van der Waals surface area contributed by atoms with Crippen molar-refractivity contribution in [1.29, 1.82) is 0 Å². The van der Waals surface area contributed by atoms with E-state index >= 15 is 0 Å². The average Bonchev–Trinajstić information content (AvgIpc) is 3.26. The van der Waals surface area contributed by atoms with Gasteiger partial charge in [-0.05, 0) is 18.2 Å². The van der Waals surface area contributed by atoms with Gasteiger partial charge in [0, 0.05) is 49.5 Å². The molecular formula is C20H19F2N7O2S. The monoisotopic (exact) mass is 459 g/mol. The second kappa shape index (κ2) is 9.66. The number of benzene rings is 1. The maximum Gasteiger partial charge on any atom is 0.325 e. The van der Waals surface area contributed by atoms with Crippen molar-refractivity contribution in [3.63, 3.8) is 0 Å². The summed E-state index contributed by atoms with van der Waals surface area (Å²) in [7, 11) is 0. The van der Waals surface area contributed by atoms with Gasteiger partial charge in [-0.3, -0.25) is 15.1 Å². The molecule has 9 nitrogen and oxygen atoms in total. The summed E-state index contributed by atoms with van der Waals surface area (Å²) in [6, 6.07) is 4.13. The van der Waals surface area contributed by atoms with Crippen molar-refractivity contribution in [2.45, 2.75) is 0 Å². The van der Waals surface area contributed by atoms with E-state index in [0.717, 1.165) is 55.3 Å². The maximum atomic E-state index is 13.3. The summed E-state index contributed by atoms with van der Waals surface area (Å²) in [4.78, 5) is 35.1. The van der Waals surface area contributed by atoms with Gasteiger partial charge < -0.3 is 20.9 Å². The number of thiazole rings is 1. The predicted molar refractivity (Wildman–Crippen MR) is 118 cm³/mol. The van der Waals surface area contributed by atoms with Gasteiger partial charge in [-0.1, -0.05) is 0 Å². The van der Waals surface area contributed by atoms with Crippen LogP contribution in [0.3, 0.4) is 0 Å². The summed E-state index contributed by atoms with van der Waals surface area (Å²) >= 11 is 1.05. The van der Waals surface area contributed by atoms with Gasteiger partial charge in [-0.15, -0.1) is 11.3 Å². The van der Waals surface area contributed by atoms with Crippen LogP contribution in [0.5, 0.6) is 0 Å². The smallest absolute Gasteiger partial charge is 0.325 e. The molecule has 3 heterocycles. The Balaban J connectivity index is 1.39. The minimum Gasteiger partial charge on any atom is -0.367 e. The standard InChI is InChI=1S/C20H19F2N7O2S/c21-13-2-1-12(9-14(13)22)25-19(31)28-20-27-16(11-32-20)18(30)26-15-10-24-4-3-17(15)29-7-5-23-6-8-29/h1-4,9-11,23H,5-8H2,(H,26,30)(H2,25,27,28,31). The molecule has 0 atom stereocenters. The third-order valence-electron chi connectivity index (χ3n) is 4.64. The highest BCUT2D eigenvalue weighted by atomic mass is 32.1. The number of pyridine rings is 1. The second-order valence-corrected chi connectivity index (χ2v) is 7.69. The lowest BCUT2D eigenvalue weighted by molar-refractivity contribution is 0.102. The van der Waals surface area contributed by atoms with Gasteiger partial charge in [-0.25, -0.2) is 18.6 Å². The van der Waals surface area contributed by atoms with Crippen LogP contribution in [0.4, 0.5) is 35.8 Å². The number of amides is 3. The number of halogens is 2. The summed E-state index contributed by atoms with van der Waals surface area (Å²) in [5.41, 5.74) is 1.63. The quantitative estimate of drug-likeness (QED) is 0.467. The summed E-state index contributed by atoms with van der Waals surface area (Å²) in [5, 5.41) is 12.6. The van der Waals surface area contributed by atoms with Gasteiger partial charge in [0.2, 0.25) is 0 Å². The van der Waals surface area contributed by atoms with E-state index in [1.807, 2.05) is 6.07 Å². The fourth-order valence-corrected chi connectivity index (χ4v) is 3.81. The predicted octanol–water partition coefficient (Wildman–Crippen LogP) is 3.12. The fourth-order valence-electron chi connectivity index (χ4n) is 3.12. The van der Waals surface area contributed by atoms with E-state index in [4.69, 9.17) is 0 Å². The molecule has 2 aromatic heterocycles. The van der Waals surface area contributed by atoms with Crippen LogP contribution in [0.1, 0.15) is 10.5 Å². The fraction of sp³-hybridized carbons (Fsp3) is 0.200. The van der Waals surface area contributed by atoms with Crippen LogP contribution in [0, 0.1) is 11.6 Å². The molecule has 32 heavy (non-hydrogen) atoms. The first-order valence-electron chi connectivity index (χ1n) is 9.69. The van der Waals surface area contributed by atoms with Crippen LogP contribution in [-0.4, -0.2) is 48.1 Å². The Kier molecular flexibility index (Phi) is 6.52. The van der Waals surface area contributed by atoms with Crippen LogP contribution in [0.15, 0.2) is 42.0 Å². The zero-order chi connectivity index (χ0) is 22.5. The summed E-state index contributed by atoms with van der Waals surface area (Å²) in [5.74, 6) is -2.54. The Labute approximate surface area is 185 Å². The topological polar surface area (TPSA) is 111 Å². The summed E-state index contributed by atoms with van der Waals surface area (Å²) in [6.45, 7) is 3.32. The van der Waals surface area contributed by atoms with Crippen LogP contribution in [-0.2, 0) is 0 Å². The minimum atomic E-state index is -1.08. The summed E-state index contributed by atoms with van der Waals surface area (Å²) in [6.07, 6.45) is 3.25. The lowest BCUT2D eigenvalue weighted by Gasteiger charge is -2.30. The Morgan fingerprint density at radius 2 is 1.88 bits per heavy atom. The second-order valence-electron chi connectivity index (χ2n) is 6.83. The number of nitrogens with zero attached hydrogens (tertiary/aromatic N) is 3. The minimum absolute atomic E-state index is 0.0768. The lowest BCUT2D eigenvalue weighted by atomic mass is 10.2. The van der Waals surface area contributed by atoms with Crippen molar-refractivity contribution in [2.75, 3.05) is 47.0 Å². The van der Waals surface area contributed by atoms with E-state index in [1.165, 1.54) is 11.4 Å². The zero-order valence-electron chi connectivity index (χ0n) is 16.7. The van der Waals surface area contributed by atoms with Gasteiger partial charge in [0.1, 0.15) is 5.69 Å². The number of carbonyl (C=O) groups is 2. The highest BCUT2D eigenvalue weighted by molar-refractivity contribution is 7.14. The highest BCUT2D eigenvalue weighted by Gasteiger charge is 2.18. The van der Waals surface area contributed by atoms with Crippen LogP contribution < -0.4 is 26.2 Å². The number of piperazine rings is 1. The molecule has 0 radical (unpaired) electrons. The van der Waals surface area contributed by atoms with Gasteiger partial charge in [0.25, 0.3) is 5.91 Å². The highest BCUT2D eigenvalue weighted by Crippen LogP contribution is 2.26. The van der Waals surface area contributed by atoms with Crippen molar-refractivity contribution in [2.24, 2.45) is 0 Å². The van der Waals surface area contributed by atoms with E-state index in [-0.39, 0.29) is 16.5 Å². The number of nitrogens with one attached hydrogen (secondary N) is 4. The molecule has 166 valence electrons. The van der Waals surface area contributed by atoms with Crippen LogP contribution in [0.2, 0.25) is 0 Å². The Hall–Kier alpha value is -3.64. The molecule has 3 amide bonds. The first-order chi connectivity index (χ1) is 15.5. The molecule has 1 aliphatic heterocycles. The normalized spacial score (nSPS) is 13.5. The first kappa shape index (κ1) is 21.6. The first-order valence-corrected chi connectivity index (χ1v) is 10.6. The van der Waals surface area contributed by atoms with E-state index in [1.54, 1.807) is 12.4 Å². The number of anilines is 4. The largest absolute Gasteiger partial charge is 0.367 e. The Morgan fingerprint density at radius 1 is 1.06 bits per heavy atom. The van der Waals surface area contributed by atoms with E-state index in [9.17, 15) is 18.4 Å². The lowest BCUT2D eigenvalue weighted by Crippen LogP contribution is -2.43. The molecule has 0 saturated carbocycles. The molecular weight excluding hydrogens is 440 g/mol. The van der Waals surface area contributed by atoms with E-state index < -0.39 is 23.6 Å². The van der Waals surface area contributed by atoms with Gasteiger partial charge in [0.15, 0.2) is 16.8 Å². The molecule has 1 aliphatic rings. The number of hydrogen-bond donors (Lipinski definition) is 4. The molecule has 0 spiro atoms. The van der Waals surface area contributed by atoms with Gasteiger partial charge in [0.05, 0.1) is 17.6 Å². The molecule has 4 N–H and O–H groups in total. The maximum absolute atomic E-state index is 13.3. The Morgan fingerprint density at radius 3 is 2.66 bits per heavy atom. The molecule has 1 aromatic carbocycles. The molecule has 1 saturated heterocycles. The molecule has 0 bridgehead atoms. The molecule has 3 aromatic rings. The number of carbonyl (C=O) groups excluding carboxylic acids is 2. The number of aromatic nitrogens is 2. The molecule has 0 unspecified atom stereocenters. The molecule has 12 heteroatoms. The number of urea groups is 1. The summed E-state index contributed by atoms with van der Waals surface area (Å²) < 4.78 is 26.3. The third-order valence-corrected chi connectivity index (χ3v) is 5.40. The molecule has 4 rings (SSSR count). The third kappa shape index (κ3) is 5.15. The van der Waals surface area contributed by atoms with Crippen molar-refractivity contribution >= 4 is 45.5 Å². The number of hydrogen-bond acceptors (Lipinski definition) is 7. The van der Waals surface area contributed by atoms with E-state index in [0.29, 0.717) is 5.69 Å². The van der Waals surface area contributed by atoms with Crippen molar-refractivity contribution in [3.8, 4) is 0 Å². The average molecular weight is 459 g/mol. The molecule has 1 fully saturated rings. The van der Waals surface area contributed by atoms with Gasteiger partial charge in [-0.2, -0.15) is 0 Å². The molecule has 0 aliphatic carbocycles. The van der Waals surface area contributed by atoms with Crippen molar-refractivity contribution in [1.82, 2.24) is 15.3 Å². The van der Waals surface area contributed by atoms with Crippen LogP contribution >= 0.6 is 11.3 Å². The van der Waals surface area contributed by atoms with E-state index in [2.05, 4.69) is 36.1 Å². The van der Waals surface area contributed by atoms with Crippen molar-refractivity contribution in [3.05, 3.63) is 59.4 Å². The van der Waals surface area contributed by atoms with Crippen molar-refractivity contribution < 1.29 is 18.4 Å². The number of rotatable bonds is 5. The van der Waals surface area contributed by atoms with Crippen LogP contribution in [0.25, 0.3) is 0 Å².